The van der Waals surface area contributed by atoms with Gasteiger partial charge in [-0.25, -0.2) is 0 Å². The third-order valence-corrected chi connectivity index (χ3v) is 2.19. The molecular formula is C12H19N3. The fraction of sp³-hybridized carbons (Fsp3) is 0.417. The molecule has 0 saturated heterocycles. The van der Waals surface area contributed by atoms with E-state index in [4.69, 9.17) is 5.73 Å². The predicted molar refractivity (Wildman–Crippen MR) is 63.1 cm³/mol. The van der Waals surface area contributed by atoms with E-state index < -0.39 is 0 Å². The maximum Gasteiger partial charge on any atom is 0.0460 e. The van der Waals surface area contributed by atoms with E-state index in [2.05, 4.69) is 29.0 Å². The minimum absolute atomic E-state index is 0.655. The van der Waals surface area contributed by atoms with Crippen molar-refractivity contribution in [3.63, 3.8) is 0 Å². The average Bonchev–Trinajstić information content (AvgIpc) is 2.31. The van der Waals surface area contributed by atoms with Crippen LogP contribution >= 0.6 is 0 Å². The third kappa shape index (κ3) is 4.13. The Balaban J connectivity index is 3.16. The van der Waals surface area contributed by atoms with Gasteiger partial charge in [0.25, 0.3) is 0 Å². The molecule has 0 fully saturated rings. The Morgan fingerprint density at radius 3 is 2.80 bits per heavy atom. The number of hydrogen-bond acceptors (Lipinski definition) is 2. The molecule has 0 atom stereocenters. The Hall–Kier alpha value is -1.35. The van der Waals surface area contributed by atoms with Gasteiger partial charge in [-0.05, 0) is 37.9 Å². The molecule has 82 valence electrons. The van der Waals surface area contributed by atoms with E-state index in [0.717, 1.165) is 29.8 Å². The van der Waals surface area contributed by atoms with Gasteiger partial charge in [-0.15, -0.1) is 0 Å². The van der Waals surface area contributed by atoms with Crippen molar-refractivity contribution in [1.29, 1.82) is 0 Å². The largest absolute Gasteiger partial charge is 0.361 e. The molecule has 1 aromatic rings. The lowest BCUT2D eigenvalue weighted by atomic mass is 10.2. The van der Waals surface area contributed by atoms with Crippen LogP contribution in [0.2, 0.25) is 0 Å². The Bertz CT molecular complexity index is 354. The molecular weight excluding hydrogens is 186 g/mol. The van der Waals surface area contributed by atoms with Crippen molar-refractivity contribution in [2.45, 2.75) is 26.7 Å². The van der Waals surface area contributed by atoms with Crippen molar-refractivity contribution in [2.75, 3.05) is 6.54 Å². The van der Waals surface area contributed by atoms with Crippen molar-refractivity contribution >= 4 is 0 Å². The zero-order valence-corrected chi connectivity index (χ0v) is 9.46. The molecule has 3 N–H and O–H groups in total. The van der Waals surface area contributed by atoms with Gasteiger partial charge in [-0.1, -0.05) is 13.0 Å². The number of rotatable bonds is 3. The molecule has 0 radical (unpaired) electrons. The third-order valence-electron chi connectivity index (χ3n) is 2.19. The summed E-state index contributed by atoms with van der Waals surface area (Å²) in [5, 5.41) is 0. The molecule has 0 bridgehead atoms. The molecule has 1 aromatic heterocycles. The Kier molecular flexibility index (Phi) is 4.84. The van der Waals surface area contributed by atoms with E-state index in [0.29, 0.717) is 6.54 Å². The second-order valence-electron chi connectivity index (χ2n) is 3.54. The lowest BCUT2D eigenvalue weighted by molar-refractivity contribution is 0.961. The fourth-order valence-corrected chi connectivity index (χ4v) is 1.32. The lowest BCUT2D eigenvalue weighted by Crippen LogP contribution is -2.01. The van der Waals surface area contributed by atoms with Crippen LogP contribution in [0.4, 0.5) is 0 Å². The van der Waals surface area contributed by atoms with Crippen LogP contribution in [0.5, 0.6) is 0 Å². The van der Waals surface area contributed by atoms with Gasteiger partial charge in [0.05, 0.1) is 0 Å². The summed E-state index contributed by atoms with van der Waals surface area (Å²) in [6, 6.07) is 4.12. The van der Waals surface area contributed by atoms with Crippen LogP contribution in [0.25, 0.3) is 0 Å². The Labute approximate surface area is 91.1 Å². The second-order valence-corrected chi connectivity index (χ2v) is 3.54. The molecule has 0 aliphatic heterocycles. The summed E-state index contributed by atoms with van der Waals surface area (Å²) in [7, 11) is 0. The first kappa shape index (κ1) is 11.7. The lowest BCUT2D eigenvalue weighted by Gasteiger charge is -1.92. The van der Waals surface area contributed by atoms with Crippen LogP contribution in [0, 0.1) is 6.92 Å². The van der Waals surface area contributed by atoms with Crippen molar-refractivity contribution in [3.8, 4) is 0 Å². The van der Waals surface area contributed by atoms with E-state index >= 15 is 0 Å². The molecule has 0 aromatic carbocycles. The molecule has 3 nitrogen and oxygen atoms in total. The van der Waals surface area contributed by atoms with Crippen LogP contribution < -0.4 is 5.73 Å². The minimum atomic E-state index is 0.655. The number of hydrogen-bond donors (Lipinski definition) is 2. The van der Waals surface area contributed by atoms with Gasteiger partial charge in [-0.3, -0.25) is 4.98 Å². The van der Waals surface area contributed by atoms with E-state index in [9.17, 15) is 0 Å². The van der Waals surface area contributed by atoms with Crippen molar-refractivity contribution in [1.82, 2.24) is 9.97 Å². The first-order valence-electron chi connectivity index (χ1n) is 5.33. The maximum absolute atomic E-state index is 5.52. The van der Waals surface area contributed by atoms with E-state index in [-0.39, 0.29) is 0 Å². The zero-order valence-electron chi connectivity index (χ0n) is 9.46. The highest BCUT2D eigenvalue weighted by molar-refractivity contribution is 5.11. The van der Waals surface area contributed by atoms with Crippen LogP contribution in [0.3, 0.4) is 0 Å². The monoisotopic (exact) mass is 205 g/mol. The second kappa shape index (κ2) is 6.19. The number of aromatic amines is 1. The normalized spacial score (nSPS) is 9.80. The summed E-state index contributed by atoms with van der Waals surface area (Å²) in [4.78, 5) is 7.57. The number of nitrogens with one attached hydrogen (secondary N) is 1. The molecule has 0 aliphatic rings. The average molecular weight is 205 g/mol. The van der Waals surface area contributed by atoms with E-state index in [1.165, 1.54) is 0 Å². The number of H-pyrrole nitrogens is 1. The van der Waals surface area contributed by atoms with Crippen molar-refractivity contribution < 1.29 is 0 Å². The van der Waals surface area contributed by atoms with Crippen LogP contribution in [-0.2, 0) is 12.8 Å². The first-order chi connectivity index (χ1) is 7.26. The highest BCUT2D eigenvalue weighted by Crippen LogP contribution is 1.98. The summed E-state index contributed by atoms with van der Waals surface area (Å²) >= 11 is 0. The molecule has 0 spiro atoms. The summed E-state index contributed by atoms with van der Waals surface area (Å²) < 4.78 is 0. The molecule has 1 rings (SSSR count). The van der Waals surface area contributed by atoms with Gasteiger partial charge in [0.2, 0.25) is 0 Å². The highest BCUT2D eigenvalue weighted by atomic mass is 14.7. The van der Waals surface area contributed by atoms with E-state index in [1.54, 1.807) is 0 Å². The smallest absolute Gasteiger partial charge is 0.0460 e. The molecule has 15 heavy (non-hydrogen) atoms. The SMILES string of the molecule is CCc1cncc(CCN)ccc(C)[nH]1. The van der Waals surface area contributed by atoms with Crippen LogP contribution in [0.15, 0.2) is 24.5 Å². The van der Waals surface area contributed by atoms with E-state index in [1.807, 2.05) is 19.3 Å². The summed E-state index contributed by atoms with van der Waals surface area (Å²) in [6.07, 6.45) is 5.56. The zero-order chi connectivity index (χ0) is 11.1. The minimum Gasteiger partial charge on any atom is -0.361 e. The van der Waals surface area contributed by atoms with Gasteiger partial charge < -0.3 is 10.7 Å². The number of aryl methyl sites for hydroxylation is 2. The number of nitrogens with two attached hydrogens (primary N) is 1. The summed E-state index contributed by atoms with van der Waals surface area (Å²) in [5.41, 5.74) is 8.94. The summed E-state index contributed by atoms with van der Waals surface area (Å²) in [5.74, 6) is 0. The molecule has 0 unspecified atom stereocenters. The number of nitrogens with zero attached hydrogens (tertiary/aromatic N) is 1. The molecule has 0 amide bonds. The Morgan fingerprint density at radius 1 is 1.33 bits per heavy atom. The fourth-order valence-electron chi connectivity index (χ4n) is 1.32. The van der Waals surface area contributed by atoms with Crippen LogP contribution in [0.1, 0.15) is 23.9 Å². The van der Waals surface area contributed by atoms with Gasteiger partial charge in [0.15, 0.2) is 0 Å². The predicted octanol–water partition coefficient (Wildman–Crippen LogP) is 1.91. The van der Waals surface area contributed by atoms with Gasteiger partial charge in [0.1, 0.15) is 0 Å². The summed E-state index contributed by atoms with van der Waals surface area (Å²) in [6.45, 7) is 4.81. The molecule has 1 heterocycles. The Morgan fingerprint density at radius 2 is 2.13 bits per heavy atom. The van der Waals surface area contributed by atoms with Crippen molar-refractivity contribution in [3.05, 3.63) is 41.5 Å². The van der Waals surface area contributed by atoms with Crippen LogP contribution in [-0.4, -0.2) is 16.5 Å². The molecule has 0 aliphatic carbocycles. The van der Waals surface area contributed by atoms with Gasteiger partial charge in [0, 0.05) is 23.8 Å². The quantitative estimate of drug-likeness (QED) is 0.792. The first-order valence-corrected chi connectivity index (χ1v) is 5.33. The topological polar surface area (TPSA) is 54.7 Å². The number of aromatic nitrogens is 2. The molecule has 0 saturated carbocycles. The van der Waals surface area contributed by atoms with Crippen molar-refractivity contribution in [2.24, 2.45) is 5.73 Å². The molecule has 3 heteroatoms. The highest BCUT2D eigenvalue weighted by Gasteiger charge is 1.89. The van der Waals surface area contributed by atoms with Gasteiger partial charge >= 0.3 is 0 Å². The maximum atomic E-state index is 5.52. The standard InChI is InChI=1S/C12H19N3/c1-3-12-9-14-8-11(6-7-13)5-4-10(2)15-12/h4-5,8-9,15H,3,6-7,13H2,1-2H3. The van der Waals surface area contributed by atoms with Gasteiger partial charge in [-0.2, -0.15) is 0 Å².